The fourth-order valence-electron chi connectivity index (χ4n) is 2.69. The van der Waals surface area contributed by atoms with E-state index in [1.165, 1.54) is 18.9 Å². The molecule has 2 rings (SSSR count). The smallest absolute Gasteiger partial charge is 0.259 e. The molecule has 1 saturated heterocycles. The van der Waals surface area contributed by atoms with Gasteiger partial charge in [0.05, 0.1) is 0 Å². The molecule has 104 valence electrons. The van der Waals surface area contributed by atoms with Crippen LogP contribution in [0.3, 0.4) is 0 Å². The van der Waals surface area contributed by atoms with E-state index in [1.807, 2.05) is 11.8 Å². The molecule has 1 aliphatic rings. The lowest BCUT2D eigenvalue weighted by atomic mass is 9.98. The predicted molar refractivity (Wildman–Crippen MR) is 75.3 cm³/mol. The number of hydrogen-bond acceptors (Lipinski definition) is 2. The summed E-state index contributed by atoms with van der Waals surface area (Å²) in [7, 11) is 0. The Kier molecular flexibility index (Phi) is 4.40. The summed E-state index contributed by atoms with van der Waals surface area (Å²) in [6.07, 6.45) is 5.99. The van der Waals surface area contributed by atoms with Crippen molar-refractivity contribution < 1.29 is 4.79 Å². The van der Waals surface area contributed by atoms with Gasteiger partial charge in [0.1, 0.15) is 5.56 Å². The van der Waals surface area contributed by atoms with Crippen LogP contribution >= 0.6 is 0 Å². The Bertz CT molecular complexity index is 507. The third-order valence-electron chi connectivity index (χ3n) is 4.00. The van der Waals surface area contributed by atoms with Crippen molar-refractivity contribution in [3.8, 4) is 0 Å². The highest BCUT2D eigenvalue weighted by atomic mass is 16.2. The van der Waals surface area contributed by atoms with E-state index in [2.05, 4.69) is 11.9 Å². The molecule has 1 aromatic heterocycles. The molecule has 0 aromatic carbocycles. The zero-order chi connectivity index (χ0) is 13.8. The van der Waals surface area contributed by atoms with E-state index in [0.29, 0.717) is 5.92 Å². The van der Waals surface area contributed by atoms with Crippen molar-refractivity contribution in [3.63, 3.8) is 0 Å². The summed E-state index contributed by atoms with van der Waals surface area (Å²) < 4.78 is 0. The predicted octanol–water partition coefficient (Wildman–Crippen LogP) is 2.34. The molecular formula is C15H22N2O2. The van der Waals surface area contributed by atoms with Crippen LogP contribution < -0.4 is 5.43 Å². The largest absolute Gasteiger partial charge is 0.364 e. The summed E-state index contributed by atoms with van der Waals surface area (Å²) >= 11 is 0. The number of nitrogens with zero attached hydrogens (tertiary/aromatic N) is 1. The van der Waals surface area contributed by atoms with Crippen molar-refractivity contribution in [3.05, 3.63) is 33.7 Å². The average molecular weight is 262 g/mol. The molecule has 0 spiro atoms. The summed E-state index contributed by atoms with van der Waals surface area (Å²) in [6, 6.07) is 1.49. The van der Waals surface area contributed by atoms with Crippen molar-refractivity contribution in [2.75, 3.05) is 13.1 Å². The SMILES string of the molecule is CCC1CCCN(C(=O)c2c[nH]c(C)cc2=O)CC1. The number of H-pyrrole nitrogens is 1. The van der Waals surface area contributed by atoms with E-state index >= 15 is 0 Å². The van der Waals surface area contributed by atoms with E-state index in [-0.39, 0.29) is 16.9 Å². The maximum atomic E-state index is 12.4. The average Bonchev–Trinajstić information content (AvgIpc) is 2.63. The maximum Gasteiger partial charge on any atom is 0.259 e. The molecule has 0 bridgehead atoms. The van der Waals surface area contributed by atoms with Crippen LogP contribution in [-0.4, -0.2) is 28.9 Å². The monoisotopic (exact) mass is 262 g/mol. The molecule has 1 amide bonds. The number of carbonyl (C=O) groups excluding carboxylic acids is 1. The highest BCUT2D eigenvalue weighted by molar-refractivity contribution is 5.93. The first kappa shape index (κ1) is 13.8. The van der Waals surface area contributed by atoms with Gasteiger partial charge in [0, 0.05) is 31.0 Å². The van der Waals surface area contributed by atoms with Crippen molar-refractivity contribution in [2.45, 2.75) is 39.5 Å². The van der Waals surface area contributed by atoms with Gasteiger partial charge in [0.25, 0.3) is 5.91 Å². The van der Waals surface area contributed by atoms with Crippen molar-refractivity contribution in [1.82, 2.24) is 9.88 Å². The molecular weight excluding hydrogens is 240 g/mol. The first-order valence-corrected chi connectivity index (χ1v) is 7.10. The molecule has 19 heavy (non-hydrogen) atoms. The molecule has 1 N–H and O–H groups in total. The van der Waals surface area contributed by atoms with Gasteiger partial charge in [-0.25, -0.2) is 0 Å². The second-order valence-corrected chi connectivity index (χ2v) is 5.39. The summed E-state index contributed by atoms with van der Waals surface area (Å²) in [5, 5.41) is 0. The summed E-state index contributed by atoms with van der Waals surface area (Å²) in [5.74, 6) is 0.590. The van der Waals surface area contributed by atoms with Gasteiger partial charge in [-0.05, 0) is 32.1 Å². The summed E-state index contributed by atoms with van der Waals surface area (Å²) in [4.78, 5) is 29.0. The zero-order valence-corrected chi connectivity index (χ0v) is 11.7. The lowest BCUT2D eigenvalue weighted by Crippen LogP contribution is -2.35. The Morgan fingerprint density at radius 1 is 1.42 bits per heavy atom. The molecule has 1 fully saturated rings. The number of nitrogens with one attached hydrogen (secondary N) is 1. The fraction of sp³-hybridized carbons (Fsp3) is 0.600. The molecule has 4 nitrogen and oxygen atoms in total. The van der Waals surface area contributed by atoms with E-state index in [0.717, 1.165) is 31.6 Å². The van der Waals surface area contributed by atoms with Crippen LogP contribution in [0.15, 0.2) is 17.1 Å². The molecule has 1 aromatic rings. The molecule has 0 saturated carbocycles. The Morgan fingerprint density at radius 2 is 2.21 bits per heavy atom. The number of hydrogen-bond donors (Lipinski definition) is 1. The zero-order valence-electron chi connectivity index (χ0n) is 11.7. The Labute approximate surface area is 113 Å². The third-order valence-corrected chi connectivity index (χ3v) is 4.00. The number of aromatic amines is 1. The Hall–Kier alpha value is -1.58. The molecule has 2 heterocycles. The molecule has 1 atom stereocenters. The summed E-state index contributed by atoms with van der Waals surface area (Å²) in [6.45, 7) is 5.55. The quantitative estimate of drug-likeness (QED) is 0.889. The van der Waals surface area contributed by atoms with Crippen LogP contribution in [0.1, 0.15) is 48.7 Å². The van der Waals surface area contributed by atoms with Gasteiger partial charge < -0.3 is 9.88 Å². The van der Waals surface area contributed by atoms with Gasteiger partial charge in [0.15, 0.2) is 5.43 Å². The normalized spacial score (nSPS) is 20.1. The number of aryl methyl sites for hydroxylation is 1. The lowest BCUT2D eigenvalue weighted by Gasteiger charge is -2.20. The number of rotatable bonds is 2. The number of carbonyl (C=O) groups is 1. The maximum absolute atomic E-state index is 12.4. The van der Waals surface area contributed by atoms with Gasteiger partial charge in [-0.3, -0.25) is 9.59 Å². The molecule has 1 aliphatic heterocycles. The number of likely N-dealkylation sites (tertiary alicyclic amines) is 1. The number of pyridine rings is 1. The van der Waals surface area contributed by atoms with E-state index in [9.17, 15) is 9.59 Å². The highest BCUT2D eigenvalue weighted by Crippen LogP contribution is 2.20. The second-order valence-electron chi connectivity index (χ2n) is 5.39. The highest BCUT2D eigenvalue weighted by Gasteiger charge is 2.22. The van der Waals surface area contributed by atoms with Crippen LogP contribution in [0.4, 0.5) is 0 Å². The van der Waals surface area contributed by atoms with Crippen LogP contribution in [0, 0.1) is 12.8 Å². The van der Waals surface area contributed by atoms with Crippen molar-refractivity contribution in [2.24, 2.45) is 5.92 Å². The molecule has 4 heteroatoms. The lowest BCUT2D eigenvalue weighted by molar-refractivity contribution is 0.0758. The topological polar surface area (TPSA) is 53.2 Å². The van der Waals surface area contributed by atoms with Crippen LogP contribution in [0.2, 0.25) is 0 Å². The van der Waals surface area contributed by atoms with Crippen molar-refractivity contribution >= 4 is 5.91 Å². The van der Waals surface area contributed by atoms with Crippen molar-refractivity contribution in [1.29, 1.82) is 0 Å². The standard InChI is InChI=1S/C15H22N2O2/c1-3-12-5-4-7-17(8-6-12)15(19)13-10-16-11(2)9-14(13)18/h9-10,12H,3-8H2,1-2H3,(H,16,18). The molecule has 0 aliphatic carbocycles. The Morgan fingerprint density at radius 3 is 2.89 bits per heavy atom. The first-order valence-electron chi connectivity index (χ1n) is 7.10. The third kappa shape index (κ3) is 3.25. The second kappa shape index (κ2) is 6.04. The van der Waals surface area contributed by atoms with Gasteiger partial charge in [-0.15, -0.1) is 0 Å². The van der Waals surface area contributed by atoms with E-state index < -0.39 is 0 Å². The van der Waals surface area contributed by atoms with Gasteiger partial charge >= 0.3 is 0 Å². The number of amides is 1. The first-order chi connectivity index (χ1) is 9.11. The minimum atomic E-state index is -0.183. The minimum Gasteiger partial charge on any atom is -0.364 e. The summed E-state index contributed by atoms with van der Waals surface area (Å²) in [5.41, 5.74) is 0.863. The Balaban J connectivity index is 2.13. The molecule has 0 radical (unpaired) electrons. The van der Waals surface area contributed by atoms with Gasteiger partial charge in [-0.2, -0.15) is 0 Å². The van der Waals surface area contributed by atoms with Crippen LogP contribution in [-0.2, 0) is 0 Å². The van der Waals surface area contributed by atoms with Crippen LogP contribution in [0.5, 0.6) is 0 Å². The number of aromatic nitrogens is 1. The minimum absolute atomic E-state index is 0.127. The van der Waals surface area contributed by atoms with Gasteiger partial charge in [0.2, 0.25) is 0 Å². The van der Waals surface area contributed by atoms with Crippen LogP contribution in [0.25, 0.3) is 0 Å². The van der Waals surface area contributed by atoms with Gasteiger partial charge in [-0.1, -0.05) is 13.3 Å². The molecule has 1 unspecified atom stereocenters. The van der Waals surface area contributed by atoms with E-state index in [1.54, 1.807) is 6.20 Å². The fourth-order valence-corrected chi connectivity index (χ4v) is 2.69. The van der Waals surface area contributed by atoms with E-state index in [4.69, 9.17) is 0 Å².